The van der Waals surface area contributed by atoms with E-state index in [-0.39, 0.29) is 0 Å². The van der Waals surface area contributed by atoms with Gasteiger partial charge in [0.25, 0.3) is 0 Å². The summed E-state index contributed by atoms with van der Waals surface area (Å²) < 4.78 is 2.14. The van der Waals surface area contributed by atoms with E-state index in [9.17, 15) is 0 Å². The highest BCUT2D eigenvalue weighted by molar-refractivity contribution is 5.48. The van der Waals surface area contributed by atoms with E-state index in [0.717, 1.165) is 42.6 Å². The summed E-state index contributed by atoms with van der Waals surface area (Å²) in [5.74, 6) is 1.71. The summed E-state index contributed by atoms with van der Waals surface area (Å²) in [5, 5.41) is 4.61. The van der Waals surface area contributed by atoms with Gasteiger partial charge in [0.05, 0.1) is 17.1 Å². The number of nitrogen functional groups attached to an aromatic ring is 1. The molecule has 0 saturated heterocycles. The maximum Gasteiger partial charge on any atom is 0.0854 e. The molecule has 2 unspecified atom stereocenters. The minimum absolute atomic E-state index is 0.833. The summed E-state index contributed by atoms with van der Waals surface area (Å²) in [4.78, 5) is 0. The molecule has 2 rings (SSSR count). The molecule has 0 bridgehead atoms. The van der Waals surface area contributed by atoms with Crippen molar-refractivity contribution in [3.8, 4) is 0 Å². The van der Waals surface area contributed by atoms with Gasteiger partial charge in [0, 0.05) is 6.54 Å². The molecule has 3 heteroatoms. The average Bonchev–Trinajstić information content (AvgIpc) is 2.80. The number of aromatic nitrogens is 2. The van der Waals surface area contributed by atoms with E-state index in [4.69, 9.17) is 5.73 Å². The quantitative estimate of drug-likeness (QED) is 0.823. The van der Waals surface area contributed by atoms with E-state index in [1.807, 2.05) is 0 Å². The van der Waals surface area contributed by atoms with Crippen LogP contribution in [0.25, 0.3) is 0 Å². The number of anilines is 1. The van der Waals surface area contributed by atoms with Gasteiger partial charge in [-0.1, -0.05) is 20.8 Å². The highest BCUT2D eigenvalue weighted by atomic mass is 15.3. The largest absolute Gasteiger partial charge is 0.396 e. The Hall–Kier alpha value is -0.990. The third-order valence-electron chi connectivity index (χ3n) is 3.53. The zero-order valence-electron chi connectivity index (χ0n) is 9.95. The van der Waals surface area contributed by atoms with Crippen LogP contribution >= 0.6 is 0 Å². The van der Waals surface area contributed by atoms with Crippen LogP contribution in [0.4, 0.5) is 5.69 Å². The summed E-state index contributed by atoms with van der Waals surface area (Å²) >= 11 is 0. The second-order valence-corrected chi connectivity index (χ2v) is 4.67. The van der Waals surface area contributed by atoms with Crippen LogP contribution in [0.5, 0.6) is 0 Å². The first-order valence-corrected chi connectivity index (χ1v) is 6.01. The number of hydrogen-bond acceptors (Lipinski definition) is 2. The van der Waals surface area contributed by atoms with Crippen molar-refractivity contribution >= 4 is 5.69 Å². The van der Waals surface area contributed by atoms with Gasteiger partial charge in [-0.25, -0.2) is 0 Å². The summed E-state index contributed by atoms with van der Waals surface area (Å²) in [7, 11) is 0. The standard InChI is InChI=1S/C12H21N3/c1-4-10-12(13)11(5-2)15(14-10)7-9-6-8(9)3/h8-9H,4-7,13H2,1-3H3. The van der Waals surface area contributed by atoms with E-state index in [2.05, 4.69) is 30.6 Å². The Morgan fingerprint density at radius 1 is 1.40 bits per heavy atom. The lowest BCUT2D eigenvalue weighted by atomic mass is 10.2. The Labute approximate surface area is 91.7 Å². The first kappa shape index (κ1) is 10.5. The number of rotatable bonds is 4. The Morgan fingerprint density at radius 2 is 2.07 bits per heavy atom. The lowest BCUT2D eigenvalue weighted by Crippen LogP contribution is -2.07. The second kappa shape index (κ2) is 3.87. The lowest BCUT2D eigenvalue weighted by molar-refractivity contribution is 0.518. The molecule has 0 aliphatic heterocycles. The molecular formula is C12H21N3. The van der Waals surface area contributed by atoms with Gasteiger partial charge in [0.2, 0.25) is 0 Å². The lowest BCUT2D eigenvalue weighted by Gasteiger charge is -2.04. The number of aryl methyl sites for hydroxylation is 1. The Kier molecular flexibility index (Phi) is 2.72. The molecule has 2 N–H and O–H groups in total. The SMILES string of the molecule is CCc1nn(CC2CC2C)c(CC)c1N. The van der Waals surface area contributed by atoms with E-state index < -0.39 is 0 Å². The second-order valence-electron chi connectivity index (χ2n) is 4.67. The fraction of sp³-hybridized carbons (Fsp3) is 0.750. The summed E-state index contributed by atoms with van der Waals surface area (Å²) in [5.41, 5.74) is 9.29. The number of hydrogen-bond donors (Lipinski definition) is 1. The first-order chi connectivity index (χ1) is 7.17. The molecule has 0 radical (unpaired) electrons. The normalized spacial score (nSPS) is 24.5. The minimum Gasteiger partial charge on any atom is -0.396 e. The molecular weight excluding hydrogens is 186 g/mol. The van der Waals surface area contributed by atoms with Crippen LogP contribution in [-0.4, -0.2) is 9.78 Å². The van der Waals surface area contributed by atoms with Gasteiger partial charge in [-0.05, 0) is 31.1 Å². The van der Waals surface area contributed by atoms with Gasteiger partial charge in [-0.15, -0.1) is 0 Å². The molecule has 1 aliphatic carbocycles. The molecule has 2 atom stereocenters. The molecule has 0 amide bonds. The molecule has 15 heavy (non-hydrogen) atoms. The molecule has 1 fully saturated rings. The van der Waals surface area contributed by atoms with Crippen molar-refractivity contribution in [2.24, 2.45) is 11.8 Å². The van der Waals surface area contributed by atoms with Gasteiger partial charge in [0.1, 0.15) is 0 Å². The van der Waals surface area contributed by atoms with E-state index in [1.165, 1.54) is 12.1 Å². The Balaban J connectivity index is 2.21. The molecule has 1 aromatic heterocycles. The van der Waals surface area contributed by atoms with E-state index >= 15 is 0 Å². The molecule has 1 heterocycles. The first-order valence-electron chi connectivity index (χ1n) is 6.01. The van der Waals surface area contributed by atoms with Crippen LogP contribution in [0.15, 0.2) is 0 Å². The summed E-state index contributed by atoms with van der Waals surface area (Å²) in [6.45, 7) is 7.64. The molecule has 84 valence electrons. The minimum atomic E-state index is 0.833. The highest BCUT2D eigenvalue weighted by Gasteiger charge is 2.33. The van der Waals surface area contributed by atoms with Gasteiger partial charge in [0.15, 0.2) is 0 Å². The third kappa shape index (κ3) is 1.87. The van der Waals surface area contributed by atoms with Crippen molar-refractivity contribution in [1.29, 1.82) is 0 Å². The Bertz CT molecular complexity index is 354. The van der Waals surface area contributed by atoms with E-state index in [0.29, 0.717) is 0 Å². The fourth-order valence-electron chi connectivity index (χ4n) is 2.23. The molecule has 1 aromatic rings. The molecule has 1 aliphatic rings. The third-order valence-corrected chi connectivity index (χ3v) is 3.53. The van der Waals surface area contributed by atoms with Crippen molar-refractivity contribution < 1.29 is 0 Å². The fourth-order valence-corrected chi connectivity index (χ4v) is 2.23. The van der Waals surface area contributed by atoms with Crippen molar-refractivity contribution in [3.05, 3.63) is 11.4 Å². The van der Waals surface area contributed by atoms with Crippen molar-refractivity contribution in [2.45, 2.75) is 46.6 Å². The van der Waals surface area contributed by atoms with Crippen LogP contribution in [0, 0.1) is 11.8 Å². The van der Waals surface area contributed by atoms with Gasteiger partial charge in [-0.2, -0.15) is 5.10 Å². The van der Waals surface area contributed by atoms with Gasteiger partial charge < -0.3 is 5.73 Å². The monoisotopic (exact) mass is 207 g/mol. The highest BCUT2D eigenvalue weighted by Crippen LogP contribution is 2.39. The topological polar surface area (TPSA) is 43.8 Å². The molecule has 0 aromatic carbocycles. The van der Waals surface area contributed by atoms with Crippen LogP contribution in [0.2, 0.25) is 0 Å². The smallest absolute Gasteiger partial charge is 0.0854 e. The molecule has 1 saturated carbocycles. The van der Waals surface area contributed by atoms with Crippen LogP contribution in [0.1, 0.15) is 38.6 Å². The van der Waals surface area contributed by atoms with E-state index in [1.54, 1.807) is 0 Å². The predicted molar refractivity (Wildman–Crippen MR) is 62.7 cm³/mol. The predicted octanol–water partition coefficient (Wildman–Crippen LogP) is 2.25. The van der Waals surface area contributed by atoms with Gasteiger partial charge >= 0.3 is 0 Å². The van der Waals surface area contributed by atoms with Crippen molar-refractivity contribution in [3.63, 3.8) is 0 Å². The summed E-state index contributed by atoms with van der Waals surface area (Å²) in [6, 6.07) is 0. The average molecular weight is 207 g/mol. The summed E-state index contributed by atoms with van der Waals surface area (Å²) in [6.07, 6.45) is 3.27. The van der Waals surface area contributed by atoms with Crippen molar-refractivity contribution in [1.82, 2.24) is 9.78 Å². The van der Waals surface area contributed by atoms with Crippen LogP contribution in [-0.2, 0) is 19.4 Å². The van der Waals surface area contributed by atoms with Crippen LogP contribution < -0.4 is 5.73 Å². The van der Waals surface area contributed by atoms with Crippen LogP contribution in [0.3, 0.4) is 0 Å². The maximum absolute atomic E-state index is 6.07. The maximum atomic E-state index is 6.07. The molecule has 0 spiro atoms. The number of nitrogens with zero attached hydrogens (tertiary/aromatic N) is 2. The van der Waals surface area contributed by atoms with Gasteiger partial charge in [-0.3, -0.25) is 4.68 Å². The zero-order chi connectivity index (χ0) is 11.0. The number of nitrogens with two attached hydrogens (primary N) is 1. The molecule has 3 nitrogen and oxygen atoms in total. The zero-order valence-corrected chi connectivity index (χ0v) is 9.95. The Morgan fingerprint density at radius 3 is 2.53 bits per heavy atom. The van der Waals surface area contributed by atoms with Crippen molar-refractivity contribution in [2.75, 3.05) is 5.73 Å².